The molecule has 1 amide bonds. The van der Waals surface area contributed by atoms with Crippen LogP contribution < -0.4 is 0 Å². The van der Waals surface area contributed by atoms with Gasteiger partial charge in [0, 0.05) is 32.0 Å². The highest BCUT2D eigenvalue weighted by atomic mass is 79.9. The van der Waals surface area contributed by atoms with Crippen molar-refractivity contribution in [3.63, 3.8) is 0 Å². The van der Waals surface area contributed by atoms with Crippen molar-refractivity contribution in [2.45, 2.75) is 74.9 Å². The average Bonchev–Trinajstić information content (AvgIpc) is 3.50. The fourth-order valence-electron chi connectivity index (χ4n) is 5.30. The first-order chi connectivity index (χ1) is 17.9. The number of fused-ring (bicyclic) bond motifs is 1. The second kappa shape index (κ2) is 10.5. The second-order valence-corrected chi connectivity index (χ2v) is 14.2. The molecule has 2 heterocycles. The molecule has 1 aromatic heterocycles. The van der Waals surface area contributed by atoms with Gasteiger partial charge in [0.2, 0.25) is 21.9 Å². The van der Waals surface area contributed by atoms with Crippen molar-refractivity contribution < 1.29 is 26.4 Å². The number of aromatic nitrogens is 1. The van der Waals surface area contributed by atoms with E-state index >= 15 is 0 Å². The quantitative estimate of drug-likeness (QED) is 0.322. The molecule has 0 radical (unpaired) electrons. The number of thiazole rings is 1. The minimum absolute atomic E-state index is 0.129. The first kappa shape index (κ1) is 27.5. The van der Waals surface area contributed by atoms with Gasteiger partial charge in [0.15, 0.2) is 3.92 Å². The SMILES string of the molecule is Cc1ccc(S(=O)(=O)N2CCC[C@H]2C(=O)N(Cc2ccc3sc(Br)nc3c2)C2CCC(F)(F)CC2)cc1F. The standard InChI is InChI=1S/C26H27BrF3N3O3S2/c1-16-4-6-19(14-20(16)28)38(35,36)33-12-2-3-22(33)24(34)32(18-8-10-26(29,30)11-9-18)15-17-5-7-23-21(13-17)31-25(27)37-23/h4-7,13-14,18,22H,2-3,8-12,15H2,1H3/t22-/m0/s1. The summed E-state index contributed by atoms with van der Waals surface area (Å²) in [5.74, 6) is -3.81. The molecule has 2 aromatic carbocycles. The number of amides is 1. The van der Waals surface area contributed by atoms with E-state index in [9.17, 15) is 26.4 Å². The molecule has 204 valence electrons. The van der Waals surface area contributed by atoms with Crippen molar-refractivity contribution in [3.05, 3.63) is 57.3 Å². The van der Waals surface area contributed by atoms with Crippen molar-refractivity contribution in [2.75, 3.05) is 6.54 Å². The Balaban J connectivity index is 1.45. The van der Waals surface area contributed by atoms with Crippen molar-refractivity contribution in [3.8, 4) is 0 Å². The lowest BCUT2D eigenvalue weighted by molar-refractivity contribution is -0.141. The van der Waals surface area contributed by atoms with E-state index < -0.39 is 39.8 Å². The molecule has 2 fully saturated rings. The number of carbonyl (C=O) groups is 1. The zero-order chi connectivity index (χ0) is 27.2. The molecule has 0 unspecified atom stereocenters. The maximum absolute atomic E-state index is 14.2. The zero-order valence-electron chi connectivity index (χ0n) is 20.7. The van der Waals surface area contributed by atoms with Crippen LogP contribution in [0.1, 0.15) is 49.7 Å². The van der Waals surface area contributed by atoms with E-state index in [1.807, 2.05) is 18.2 Å². The summed E-state index contributed by atoms with van der Waals surface area (Å²) in [5.41, 5.74) is 1.87. The Labute approximate surface area is 232 Å². The molecule has 6 nitrogen and oxygen atoms in total. The fourth-order valence-corrected chi connectivity index (χ4v) is 8.35. The molecule has 1 saturated carbocycles. The number of carbonyl (C=O) groups excluding carboxylic acids is 1. The Morgan fingerprint density at radius 2 is 1.92 bits per heavy atom. The van der Waals surface area contributed by atoms with Gasteiger partial charge < -0.3 is 4.90 Å². The molecule has 1 saturated heterocycles. The summed E-state index contributed by atoms with van der Waals surface area (Å²) in [5, 5.41) is 0. The lowest BCUT2D eigenvalue weighted by Crippen LogP contribution is -2.52. The molecule has 1 aliphatic carbocycles. The summed E-state index contributed by atoms with van der Waals surface area (Å²) in [6.45, 7) is 1.83. The molecular weight excluding hydrogens is 603 g/mol. The predicted molar refractivity (Wildman–Crippen MR) is 143 cm³/mol. The fraction of sp³-hybridized carbons (Fsp3) is 0.462. The average molecular weight is 631 g/mol. The van der Waals surface area contributed by atoms with Crippen LogP contribution in [0.25, 0.3) is 10.2 Å². The van der Waals surface area contributed by atoms with Crippen molar-refractivity contribution in [1.29, 1.82) is 0 Å². The normalized spacial score (nSPS) is 20.7. The molecular formula is C26H27BrF3N3O3S2. The molecule has 3 aromatic rings. The van der Waals surface area contributed by atoms with E-state index in [1.165, 1.54) is 23.5 Å². The highest BCUT2D eigenvalue weighted by Gasteiger charge is 2.44. The molecule has 2 aliphatic rings. The number of hydrogen-bond acceptors (Lipinski definition) is 5. The third-order valence-electron chi connectivity index (χ3n) is 7.43. The largest absolute Gasteiger partial charge is 0.334 e. The van der Waals surface area contributed by atoms with E-state index in [-0.39, 0.29) is 43.7 Å². The van der Waals surface area contributed by atoms with Gasteiger partial charge in [0.1, 0.15) is 11.9 Å². The summed E-state index contributed by atoms with van der Waals surface area (Å²) < 4.78 is 72.0. The maximum Gasteiger partial charge on any atom is 0.248 e. The molecule has 1 aliphatic heterocycles. The van der Waals surface area contributed by atoms with Gasteiger partial charge in [0.05, 0.1) is 15.1 Å². The summed E-state index contributed by atoms with van der Waals surface area (Å²) >= 11 is 4.86. The molecule has 5 rings (SSSR count). The third-order valence-corrected chi connectivity index (χ3v) is 10.8. The number of rotatable bonds is 6. The van der Waals surface area contributed by atoms with Crippen LogP contribution in [0.4, 0.5) is 13.2 Å². The molecule has 12 heteroatoms. The summed E-state index contributed by atoms with van der Waals surface area (Å²) in [6.07, 6.45) is 0.394. The smallest absolute Gasteiger partial charge is 0.248 e. The molecule has 1 atom stereocenters. The van der Waals surface area contributed by atoms with Crippen LogP contribution in [0.3, 0.4) is 0 Å². The number of benzene rings is 2. The lowest BCUT2D eigenvalue weighted by atomic mass is 9.90. The van der Waals surface area contributed by atoms with E-state index in [4.69, 9.17) is 0 Å². The van der Waals surface area contributed by atoms with E-state index in [2.05, 4.69) is 20.9 Å². The Bertz CT molecular complexity index is 1470. The van der Waals surface area contributed by atoms with Crippen LogP contribution in [-0.2, 0) is 21.4 Å². The van der Waals surface area contributed by atoms with Gasteiger partial charge >= 0.3 is 0 Å². The van der Waals surface area contributed by atoms with Gasteiger partial charge in [-0.1, -0.05) is 12.1 Å². The van der Waals surface area contributed by atoms with Gasteiger partial charge in [-0.3, -0.25) is 4.79 Å². The Morgan fingerprint density at radius 3 is 2.63 bits per heavy atom. The Hall–Kier alpha value is -2.02. The van der Waals surface area contributed by atoms with Crippen LogP contribution in [-0.4, -0.2) is 53.1 Å². The predicted octanol–water partition coefficient (Wildman–Crippen LogP) is 6.27. The first-order valence-corrected chi connectivity index (χ1v) is 15.5. The van der Waals surface area contributed by atoms with Gasteiger partial charge in [-0.05, 0) is 83.9 Å². The van der Waals surface area contributed by atoms with E-state index in [1.54, 1.807) is 11.8 Å². The van der Waals surface area contributed by atoms with Crippen LogP contribution >= 0.6 is 27.3 Å². The van der Waals surface area contributed by atoms with Gasteiger partial charge in [-0.25, -0.2) is 26.6 Å². The van der Waals surface area contributed by atoms with Crippen molar-refractivity contribution in [1.82, 2.24) is 14.2 Å². The topological polar surface area (TPSA) is 70.6 Å². The number of hydrogen-bond donors (Lipinski definition) is 0. The zero-order valence-corrected chi connectivity index (χ0v) is 23.9. The van der Waals surface area contributed by atoms with Crippen molar-refractivity contribution >= 4 is 53.4 Å². The molecule has 38 heavy (non-hydrogen) atoms. The van der Waals surface area contributed by atoms with Crippen LogP contribution in [0.15, 0.2) is 45.2 Å². The van der Waals surface area contributed by atoms with Gasteiger partial charge in [0.25, 0.3) is 0 Å². The highest BCUT2D eigenvalue weighted by molar-refractivity contribution is 9.11. The Morgan fingerprint density at radius 1 is 1.18 bits per heavy atom. The summed E-state index contributed by atoms with van der Waals surface area (Å²) in [4.78, 5) is 19.8. The van der Waals surface area contributed by atoms with Crippen molar-refractivity contribution in [2.24, 2.45) is 0 Å². The van der Waals surface area contributed by atoms with Crippen LogP contribution in [0.5, 0.6) is 0 Å². The number of nitrogens with zero attached hydrogens (tertiary/aromatic N) is 3. The minimum Gasteiger partial charge on any atom is -0.334 e. The second-order valence-electron chi connectivity index (χ2n) is 10.0. The maximum atomic E-state index is 14.2. The van der Waals surface area contributed by atoms with E-state index in [0.717, 1.165) is 30.1 Å². The molecule has 0 spiro atoms. The third kappa shape index (κ3) is 5.50. The molecule has 0 N–H and O–H groups in total. The lowest BCUT2D eigenvalue weighted by Gasteiger charge is -2.39. The summed E-state index contributed by atoms with van der Waals surface area (Å²) in [6, 6.07) is 7.95. The summed E-state index contributed by atoms with van der Waals surface area (Å²) in [7, 11) is -4.14. The van der Waals surface area contributed by atoms with Gasteiger partial charge in [-0.2, -0.15) is 4.31 Å². The first-order valence-electron chi connectivity index (χ1n) is 12.5. The number of halogens is 4. The van der Waals surface area contributed by atoms with Crippen LogP contribution in [0, 0.1) is 12.7 Å². The minimum atomic E-state index is -4.14. The number of aryl methyl sites for hydroxylation is 1. The van der Waals surface area contributed by atoms with Gasteiger partial charge in [-0.15, -0.1) is 11.3 Å². The highest BCUT2D eigenvalue weighted by Crippen LogP contribution is 2.37. The van der Waals surface area contributed by atoms with E-state index in [0.29, 0.717) is 18.4 Å². The number of alkyl halides is 2. The van der Waals surface area contributed by atoms with Crippen LogP contribution in [0.2, 0.25) is 0 Å². The number of sulfonamides is 1. The molecule has 0 bridgehead atoms. The monoisotopic (exact) mass is 629 g/mol. The Kier molecular flexibility index (Phi) is 7.62.